The molecule has 0 aromatic heterocycles. The summed E-state index contributed by atoms with van der Waals surface area (Å²) in [5, 5.41) is 8.33. The molecule has 84 valence electrons. The lowest BCUT2D eigenvalue weighted by Crippen LogP contribution is -2.25. The minimum atomic E-state index is -2.29. The minimum absolute atomic E-state index is 0.165. The van der Waals surface area contributed by atoms with Crippen LogP contribution < -0.4 is 0 Å². The number of carboxylic acid groups (broad SMARTS) is 1. The first-order valence-electron chi connectivity index (χ1n) is 4.71. The first-order valence-corrected chi connectivity index (χ1v) is 4.71. The van der Waals surface area contributed by atoms with E-state index >= 15 is 0 Å². The Morgan fingerprint density at radius 3 is 2.50 bits per heavy atom. The summed E-state index contributed by atoms with van der Waals surface area (Å²) in [7, 11) is 1.64. The van der Waals surface area contributed by atoms with Crippen molar-refractivity contribution in [3.63, 3.8) is 0 Å². The van der Waals surface area contributed by atoms with Crippen molar-refractivity contribution in [3.05, 3.63) is 0 Å². The minimum Gasteiger partial charge on any atom is -0.481 e. The number of aliphatic carboxylic acids is 1. The standard InChI is InChI=1S/C9H17F2NO2/c1-12(7-8(10)11)6-4-2-3-5-9(13)14/h8H,2-7H2,1H3,(H,13,14). The number of carboxylic acids is 1. The van der Waals surface area contributed by atoms with Crippen molar-refractivity contribution >= 4 is 5.97 Å². The number of hydrogen-bond acceptors (Lipinski definition) is 2. The number of alkyl halides is 2. The van der Waals surface area contributed by atoms with Crippen LogP contribution in [0.15, 0.2) is 0 Å². The Morgan fingerprint density at radius 1 is 1.36 bits per heavy atom. The second kappa shape index (κ2) is 7.67. The maximum absolute atomic E-state index is 11.8. The van der Waals surface area contributed by atoms with Crippen molar-refractivity contribution in [3.8, 4) is 0 Å². The van der Waals surface area contributed by atoms with Gasteiger partial charge in [0.05, 0.1) is 6.54 Å². The third-order valence-corrected chi connectivity index (χ3v) is 1.88. The summed E-state index contributed by atoms with van der Waals surface area (Å²) in [6.45, 7) is 0.392. The van der Waals surface area contributed by atoms with E-state index in [2.05, 4.69) is 0 Å². The fraction of sp³-hybridized carbons (Fsp3) is 0.889. The second-order valence-electron chi connectivity index (χ2n) is 3.36. The molecule has 5 heteroatoms. The fourth-order valence-electron chi connectivity index (χ4n) is 1.16. The van der Waals surface area contributed by atoms with Gasteiger partial charge in [0, 0.05) is 6.42 Å². The van der Waals surface area contributed by atoms with Crippen molar-refractivity contribution in [2.45, 2.75) is 32.1 Å². The Morgan fingerprint density at radius 2 is 2.00 bits per heavy atom. The van der Waals surface area contributed by atoms with Crippen LogP contribution in [0, 0.1) is 0 Å². The van der Waals surface area contributed by atoms with Crippen LogP contribution in [-0.4, -0.2) is 42.5 Å². The van der Waals surface area contributed by atoms with Gasteiger partial charge in [-0.1, -0.05) is 6.42 Å². The van der Waals surface area contributed by atoms with Crippen LogP contribution in [0.1, 0.15) is 25.7 Å². The maximum Gasteiger partial charge on any atom is 0.303 e. The quantitative estimate of drug-likeness (QED) is 0.620. The first-order chi connectivity index (χ1) is 6.52. The van der Waals surface area contributed by atoms with E-state index in [9.17, 15) is 13.6 Å². The van der Waals surface area contributed by atoms with Crippen molar-refractivity contribution in [2.75, 3.05) is 20.1 Å². The number of carbonyl (C=O) groups is 1. The molecule has 0 aromatic carbocycles. The van der Waals surface area contributed by atoms with Crippen molar-refractivity contribution in [1.82, 2.24) is 4.90 Å². The van der Waals surface area contributed by atoms with E-state index in [1.807, 2.05) is 0 Å². The molecule has 0 aliphatic carbocycles. The molecular formula is C9H17F2NO2. The van der Waals surface area contributed by atoms with Gasteiger partial charge in [-0.3, -0.25) is 4.79 Å². The average molecular weight is 209 g/mol. The zero-order valence-electron chi connectivity index (χ0n) is 8.38. The molecule has 0 bridgehead atoms. The average Bonchev–Trinajstić information content (AvgIpc) is 2.01. The topological polar surface area (TPSA) is 40.5 Å². The Kier molecular flexibility index (Phi) is 7.28. The molecule has 0 rings (SSSR count). The van der Waals surface area contributed by atoms with Crippen LogP contribution in [0.25, 0.3) is 0 Å². The summed E-state index contributed by atoms with van der Waals surface area (Å²) in [6, 6.07) is 0. The van der Waals surface area contributed by atoms with Gasteiger partial charge in [0.1, 0.15) is 0 Å². The third-order valence-electron chi connectivity index (χ3n) is 1.88. The van der Waals surface area contributed by atoms with E-state index in [1.165, 1.54) is 0 Å². The lowest BCUT2D eigenvalue weighted by molar-refractivity contribution is -0.137. The van der Waals surface area contributed by atoms with Crippen LogP contribution in [0.3, 0.4) is 0 Å². The molecule has 0 saturated carbocycles. The van der Waals surface area contributed by atoms with Crippen LogP contribution in [0.4, 0.5) is 8.78 Å². The lowest BCUT2D eigenvalue weighted by atomic mass is 10.2. The lowest BCUT2D eigenvalue weighted by Gasteiger charge is -2.15. The smallest absolute Gasteiger partial charge is 0.303 e. The van der Waals surface area contributed by atoms with Crippen LogP contribution in [0.5, 0.6) is 0 Å². The van der Waals surface area contributed by atoms with Gasteiger partial charge in [0.2, 0.25) is 0 Å². The summed E-state index contributed by atoms with van der Waals surface area (Å²) >= 11 is 0. The summed E-state index contributed by atoms with van der Waals surface area (Å²) in [4.78, 5) is 11.7. The van der Waals surface area contributed by atoms with E-state index in [1.54, 1.807) is 11.9 Å². The molecule has 0 unspecified atom stereocenters. The molecule has 0 amide bonds. The maximum atomic E-state index is 11.8. The van der Waals surface area contributed by atoms with Gasteiger partial charge in [0.15, 0.2) is 0 Å². The number of rotatable bonds is 8. The molecule has 0 fully saturated rings. The molecule has 0 spiro atoms. The molecule has 0 radical (unpaired) electrons. The van der Waals surface area contributed by atoms with Crippen molar-refractivity contribution < 1.29 is 18.7 Å². The largest absolute Gasteiger partial charge is 0.481 e. The van der Waals surface area contributed by atoms with Gasteiger partial charge in [-0.15, -0.1) is 0 Å². The number of unbranched alkanes of at least 4 members (excludes halogenated alkanes) is 2. The highest BCUT2D eigenvalue weighted by molar-refractivity contribution is 5.66. The van der Waals surface area contributed by atoms with Gasteiger partial charge in [-0.2, -0.15) is 0 Å². The predicted octanol–water partition coefficient (Wildman–Crippen LogP) is 1.83. The fourth-order valence-corrected chi connectivity index (χ4v) is 1.16. The Hall–Kier alpha value is -0.710. The molecule has 0 aliphatic heterocycles. The van der Waals surface area contributed by atoms with Crippen LogP contribution in [0.2, 0.25) is 0 Å². The summed E-state index contributed by atoms with van der Waals surface area (Å²) < 4.78 is 23.7. The van der Waals surface area contributed by atoms with E-state index in [0.717, 1.165) is 12.8 Å². The van der Waals surface area contributed by atoms with E-state index in [0.29, 0.717) is 13.0 Å². The molecule has 1 N–H and O–H groups in total. The summed E-state index contributed by atoms with van der Waals surface area (Å²) in [5.41, 5.74) is 0. The van der Waals surface area contributed by atoms with E-state index in [-0.39, 0.29) is 13.0 Å². The van der Waals surface area contributed by atoms with Gasteiger partial charge < -0.3 is 10.0 Å². The van der Waals surface area contributed by atoms with E-state index < -0.39 is 12.4 Å². The Balaban J connectivity index is 3.23. The van der Waals surface area contributed by atoms with E-state index in [4.69, 9.17) is 5.11 Å². The SMILES string of the molecule is CN(CCCCCC(=O)O)CC(F)F. The molecular weight excluding hydrogens is 192 g/mol. The van der Waals surface area contributed by atoms with Crippen molar-refractivity contribution in [1.29, 1.82) is 0 Å². The molecule has 0 saturated heterocycles. The zero-order chi connectivity index (χ0) is 11.0. The Labute approximate surface area is 82.7 Å². The highest BCUT2D eigenvalue weighted by Gasteiger charge is 2.06. The molecule has 3 nitrogen and oxygen atoms in total. The predicted molar refractivity (Wildman–Crippen MR) is 49.6 cm³/mol. The Bertz CT molecular complexity index is 165. The van der Waals surface area contributed by atoms with Gasteiger partial charge >= 0.3 is 5.97 Å². The normalized spacial score (nSPS) is 11.2. The highest BCUT2D eigenvalue weighted by atomic mass is 19.3. The van der Waals surface area contributed by atoms with Crippen LogP contribution >= 0.6 is 0 Å². The molecule has 0 aliphatic rings. The van der Waals surface area contributed by atoms with Gasteiger partial charge in [-0.05, 0) is 26.4 Å². The second-order valence-corrected chi connectivity index (χ2v) is 3.36. The van der Waals surface area contributed by atoms with Gasteiger partial charge in [-0.25, -0.2) is 8.78 Å². The number of hydrogen-bond donors (Lipinski definition) is 1. The zero-order valence-corrected chi connectivity index (χ0v) is 8.38. The summed E-state index contributed by atoms with van der Waals surface area (Å²) in [5.74, 6) is -0.800. The van der Waals surface area contributed by atoms with Gasteiger partial charge in [0.25, 0.3) is 6.43 Å². The summed E-state index contributed by atoms with van der Waals surface area (Å²) in [6.07, 6.45) is 0.0475. The molecule has 0 aromatic rings. The molecule has 0 atom stereocenters. The first kappa shape index (κ1) is 13.3. The van der Waals surface area contributed by atoms with Crippen LogP contribution in [-0.2, 0) is 4.79 Å². The molecule has 0 heterocycles. The van der Waals surface area contributed by atoms with Crippen molar-refractivity contribution in [2.24, 2.45) is 0 Å². The molecule has 14 heavy (non-hydrogen) atoms. The highest BCUT2D eigenvalue weighted by Crippen LogP contribution is 2.02. The third kappa shape index (κ3) is 9.38. The number of nitrogens with zero attached hydrogens (tertiary/aromatic N) is 1. The number of halogens is 2. The monoisotopic (exact) mass is 209 g/mol.